The minimum absolute atomic E-state index is 0. The second kappa shape index (κ2) is 12.6. The molecule has 1 atom stereocenters. The van der Waals surface area contributed by atoms with Crippen LogP contribution in [-0.4, -0.2) is 46.7 Å². The molecule has 0 amide bonds. The third kappa shape index (κ3) is 8.62. The SMILES string of the molecule is CCNC(=NCc1ccc(S(=O)(=O)NCC2CCCO2)cc1)NCC(C)C.I. The van der Waals surface area contributed by atoms with Crippen molar-refractivity contribution >= 4 is 40.0 Å². The molecule has 28 heavy (non-hydrogen) atoms. The Balaban J connectivity index is 0.00000392. The van der Waals surface area contributed by atoms with Gasteiger partial charge in [0, 0.05) is 26.2 Å². The first-order valence-corrected chi connectivity index (χ1v) is 11.1. The van der Waals surface area contributed by atoms with Crippen LogP contribution in [0.2, 0.25) is 0 Å². The molecule has 1 heterocycles. The first kappa shape index (κ1) is 25.1. The smallest absolute Gasteiger partial charge is 0.240 e. The third-order valence-electron chi connectivity index (χ3n) is 4.20. The van der Waals surface area contributed by atoms with E-state index in [1.54, 1.807) is 24.3 Å². The summed E-state index contributed by atoms with van der Waals surface area (Å²) in [4.78, 5) is 4.81. The second-order valence-electron chi connectivity index (χ2n) is 7.10. The highest BCUT2D eigenvalue weighted by Gasteiger charge is 2.20. The summed E-state index contributed by atoms with van der Waals surface area (Å²) >= 11 is 0. The Kier molecular flexibility index (Phi) is 11.3. The number of nitrogens with one attached hydrogen (secondary N) is 3. The number of guanidine groups is 1. The van der Waals surface area contributed by atoms with Gasteiger partial charge < -0.3 is 15.4 Å². The zero-order valence-corrected chi connectivity index (χ0v) is 20.0. The lowest BCUT2D eigenvalue weighted by molar-refractivity contribution is 0.114. The summed E-state index contributed by atoms with van der Waals surface area (Å²) in [6.45, 7) is 9.46. The lowest BCUT2D eigenvalue weighted by atomic mass is 10.2. The molecule has 0 radical (unpaired) electrons. The van der Waals surface area contributed by atoms with Crippen LogP contribution < -0.4 is 15.4 Å². The predicted molar refractivity (Wildman–Crippen MR) is 124 cm³/mol. The van der Waals surface area contributed by atoms with Crippen LogP contribution in [0.5, 0.6) is 0 Å². The van der Waals surface area contributed by atoms with Crippen molar-refractivity contribution in [2.75, 3.05) is 26.2 Å². The number of hydrogen-bond donors (Lipinski definition) is 3. The van der Waals surface area contributed by atoms with Gasteiger partial charge in [-0.3, -0.25) is 0 Å². The molecule has 0 aliphatic carbocycles. The molecule has 9 heteroatoms. The molecule has 0 saturated carbocycles. The summed E-state index contributed by atoms with van der Waals surface area (Å²) in [5.74, 6) is 1.29. The van der Waals surface area contributed by atoms with Crippen LogP contribution in [0.1, 0.15) is 39.2 Å². The largest absolute Gasteiger partial charge is 0.377 e. The van der Waals surface area contributed by atoms with E-state index in [9.17, 15) is 8.42 Å². The number of nitrogens with zero attached hydrogens (tertiary/aromatic N) is 1. The maximum atomic E-state index is 12.4. The summed E-state index contributed by atoms with van der Waals surface area (Å²) in [5, 5.41) is 6.50. The number of sulfonamides is 1. The van der Waals surface area contributed by atoms with E-state index in [1.165, 1.54) is 0 Å². The fourth-order valence-corrected chi connectivity index (χ4v) is 3.74. The van der Waals surface area contributed by atoms with Crippen LogP contribution >= 0.6 is 24.0 Å². The van der Waals surface area contributed by atoms with Crippen LogP contribution in [0.4, 0.5) is 0 Å². The third-order valence-corrected chi connectivity index (χ3v) is 5.64. The molecule has 0 spiro atoms. The topological polar surface area (TPSA) is 91.8 Å². The van der Waals surface area contributed by atoms with Crippen molar-refractivity contribution in [2.24, 2.45) is 10.9 Å². The molecule has 1 aromatic carbocycles. The Labute approximate surface area is 186 Å². The minimum atomic E-state index is -3.51. The Bertz CT molecular complexity index is 702. The van der Waals surface area contributed by atoms with Gasteiger partial charge in [0.1, 0.15) is 0 Å². The van der Waals surface area contributed by atoms with Gasteiger partial charge in [-0.15, -0.1) is 24.0 Å². The molecule has 1 aromatic rings. The molecular formula is C19H33IN4O3S. The zero-order valence-electron chi connectivity index (χ0n) is 16.9. The van der Waals surface area contributed by atoms with Gasteiger partial charge in [-0.05, 0) is 43.4 Å². The minimum Gasteiger partial charge on any atom is -0.377 e. The molecule has 0 aromatic heterocycles. The number of halogens is 1. The van der Waals surface area contributed by atoms with E-state index in [2.05, 4.69) is 34.2 Å². The van der Waals surface area contributed by atoms with E-state index >= 15 is 0 Å². The van der Waals surface area contributed by atoms with E-state index < -0.39 is 10.0 Å². The Morgan fingerprint density at radius 2 is 1.96 bits per heavy atom. The fraction of sp³-hybridized carbons (Fsp3) is 0.632. The monoisotopic (exact) mass is 524 g/mol. The highest BCUT2D eigenvalue weighted by atomic mass is 127. The second-order valence-corrected chi connectivity index (χ2v) is 8.87. The van der Waals surface area contributed by atoms with Crippen molar-refractivity contribution in [2.45, 2.75) is 51.2 Å². The van der Waals surface area contributed by atoms with Crippen LogP contribution in [-0.2, 0) is 21.3 Å². The molecule has 7 nitrogen and oxygen atoms in total. The summed E-state index contributed by atoms with van der Waals surface area (Å²) in [5.41, 5.74) is 0.954. The Hall–Kier alpha value is -0.910. The van der Waals surface area contributed by atoms with Crippen LogP contribution in [0.25, 0.3) is 0 Å². The maximum Gasteiger partial charge on any atom is 0.240 e. The van der Waals surface area contributed by atoms with E-state index in [1.807, 2.05) is 6.92 Å². The molecule has 0 bridgehead atoms. The first-order valence-electron chi connectivity index (χ1n) is 9.63. The van der Waals surface area contributed by atoms with E-state index in [4.69, 9.17) is 4.74 Å². The predicted octanol–water partition coefficient (Wildman–Crippen LogP) is 2.47. The van der Waals surface area contributed by atoms with Gasteiger partial charge >= 0.3 is 0 Å². The molecule has 1 aliphatic heterocycles. The highest BCUT2D eigenvalue weighted by Crippen LogP contribution is 2.14. The molecule has 1 aliphatic rings. The van der Waals surface area contributed by atoms with Gasteiger partial charge in [0.15, 0.2) is 5.96 Å². The van der Waals surface area contributed by atoms with Gasteiger partial charge in [0.25, 0.3) is 0 Å². The summed E-state index contributed by atoms with van der Waals surface area (Å²) in [7, 11) is -3.51. The summed E-state index contributed by atoms with van der Waals surface area (Å²) < 4.78 is 32.9. The molecule has 160 valence electrons. The molecule has 2 rings (SSSR count). The number of benzene rings is 1. The van der Waals surface area contributed by atoms with Crippen LogP contribution in [0, 0.1) is 5.92 Å². The van der Waals surface area contributed by atoms with Gasteiger partial charge in [-0.2, -0.15) is 0 Å². The van der Waals surface area contributed by atoms with E-state index in [-0.39, 0.29) is 35.0 Å². The van der Waals surface area contributed by atoms with Crippen molar-refractivity contribution in [3.63, 3.8) is 0 Å². The first-order chi connectivity index (χ1) is 12.9. The normalized spacial score (nSPS) is 17.4. The van der Waals surface area contributed by atoms with Crippen molar-refractivity contribution in [1.29, 1.82) is 0 Å². The van der Waals surface area contributed by atoms with Gasteiger partial charge in [-0.1, -0.05) is 26.0 Å². The van der Waals surface area contributed by atoms with Gasteiger partial charge in [0.05, 0.1) is 17.5 Å². The molecule has 1 fully saturated rings. The lowest BCUT2D eigenvalue weighted by Gasteiger charge is -2.13. The fourth-order valence-electron chi connectivity index (χ4n) is 2.68. The van der Waals surface area contributed by atoms with E-state index in [0.29, 0.717) is 25.6 Å². The van der Waals surface area contributed by atoms with Gasteiger partial charge in [0.2, 0.25) is 10.0 Å². The van der Waals surface area contributed by atoms with Crippen molar-refractivity contribution in [1.82, 2.24) is 15.4 Å². The summed E-state index contributed by atoms with van der Waals surface area (Å²) in [6.07, 6.45) is 1.87. The van der Waals surface area contributed by atoms with Crippen molar-refractivity contribution in [3.8, 4) is 0 Å². The number of aliphatic imine (C=N–C) groups is 1. The molecule has 3 N–H and O–H groups in total. The molecule has 1 saturated heterocycles. The standard InChI is InChI=1S/C19H32N4O3S.HI/c1-4-20-19(21-12-15(2)3)22-13-16-7-9-18(10-8-16)27(24,25)23-14-17-6-5-11-26-17;/h7-10,15,17,23H,4-6,11-14H2,1-3H3,(H2,20,21,22);1H. The summed E-state index contributed by atoms with van der Waals surface area (Å²) in [6, 6.07) is 6.85. The Morgan fingerprint density at radius 3 is 2.54 bits per heavy atom. The van der Waals surface area contributed by atoms with Crippen LogP contribution in [0.3, 0.4) is 0 Å². The highest BCUT2D eigenvalue weighted by molar-refractivity contribution is 14.0. The number of hydrogen-bond acceptors (Lipinski definition) is 4. The molecule has 1 unspecified atom stereocenters. The van der Waals surface area contributed by atoms with Crippen molar-refractivity contribution in [3.05, 3.63) is 29.8 Å². The zero-order chi connectivity index (χ0) is 19.7. The Morgan fingerprint density at radius 1 is 1.25 bits per heavy atom. The van der Waals surface area contributed by atoms with Crippen LogP contribution in [0.15, 0.2) is 34.2 Å². The van der Waals surface area contributed by atoms with E-state index in [0.717, 1.165) is 37.5 Å². The quantitative estimate of drug-likeness (QED) is 0.262. The lowest BCUT2D eigenvalue weighted by Crippen LogP contribution is -2.39. The number of rotatable bonds is 9. The van der Waals surface area contributed by atoms with Gasteiger partial charge in [-0.25, -0.2) is 18.1 Å². The molecular weight excluding hydrogens is 491 g/mol. The van der Waals surface area contributed by atoms with Crippen molar-refractivity contribution < 1.29 is 13.2 Å². The average molecular weight is 524 g/mol. The number of ether oxygens (including phenoxy) is 1. The average Bonchev–Trinajstić information content (AvgIpc) is 3.16. The maximum absolute atomic E-state index is 12.4.